The first-order valence-corrected chi connectivity index (χ1v) is 4.29. The summed E-state index contributed by atoms with van der Waals surface area (Å²) < 4.78 is 0. The van der Waals surface area contributed by atoms with E-state index >= 15 is 0 Å². The van der Waals surface area contributed by atoms with Crippen molar-refractivity contribution in [3.8, 4) is 0 Å². The van der Waals surface area contributed by atoms with Gasteiger partial charge in [0.2, 0.25) is 5.69 Å². The van der Waals surface area contributed by atoms with Crippen LogP contribution in [0.25, 0.3) is 4.85 Å². The van der Waals surface area contributed by atoms with Gasteiger partial charge in [0.05, 0.1) is 12.3 Å². The Hall–Kier alpha value is -1.43. The molecule has 0 bridgehead atoms. The highest BCUT2D eigenvalue weighted by Crippen LogP contribution is 2.27. The molecule has 0 aromatic carbocycles. The van der Waals surface area contributed by atoms with Gasteiger partial charge in [-0.15, -0.1) is 0 Å². The topological polar surface area (TPSA) is 30.1 Å². The molecule has 1 rings (SSSR count). The van der Waals surface area contributed by atoms with Crippen molar-refractivity contribution in [1.82, 2.24) is 9.97 Å². The fourth-order valence-corrected chi connectivity index (χ4v) is 1.27. The molecule has 0 fully saturated rings. The number of hydrogen-bond donors (Lipinski definition) is 0. The quantitative estimate of drug-likeness (QED) is 0.614. The van der Waals surface area contributed by atoms with Gasteiger partial charge in [-0.2, -0.15) is 0 Å². The zero-order chi connectivity index (χ0) is 10.0. The van der Waals surface area contributed by atoms with Crippen molar-refractivity contribution >= 4 is 5.69 Å². The molecule has 1 aromatic heterocycles. The SMILES string of the molecule is [C-]#[N+]c1c(C)nc(C)nc1C(C)C. The molecule has 1 heterocycles. The van der Waals surface area contributed by atoms with Crippen LogP contribution in [0, 0.1) is 20.4 Å². The predicted molar refractivity (Wildman–Crippen MR) is 51.9 cm³/mol. The van der Waals surface area contributed by atoms with Gasteiger partial charge < -0.3 is 0 Å². The molecule has 13 heavy (non-hydrogen) atoms. The molecule has 0 spiro atoms. The van der Waals surface area contributed by atoms with Gasteiger partial charge >= 0.3 is 0 Å². The minimum absolute atomic E-state index is 0.282. The van der Waals surface area contributed by atoms with Crippen LogP contribution in [0.15, 0.2) is 0 Å². The van der Waals surface area contributed by atoms with Gasteiger partial charge in [-0.05, 0) is 19.8 Å². The minimum Gasteiger partial charge on any atom is -0.250 e. The van der Waals surface area contributed by atoms with Crippen molar-refractivity contribution in [1.29, 1.82) is 0 Å². The Labute approximate surface area is 78.7 Å². The number of hydrogen-bond acceptors (Lipinski definition) is 2. The first-order chi connectivity index (χ1) is 6.06. The van der Waals surface area contributed by atoms with Crippen molar-refractivity contribution in [3.05, 3.63) is 28.6 Å². The number of aryl methyl sites for hydroxylation is 2. The summed E-state index contributed by atoms with van der Waals surface area (Å²) in [5.41, 5.74) is 2.26. The van der Waals surface area contributed by atoms with Gasteiger partial charge in [0.1, 0.15) is 5.82 Å². The van der Waals surface area contributed by atoms with Gasteiger partial charge in [0.25, 0.3) is 0 Å². The summed E-state index contributed by atoms with van der Waals surface area (Å²) in [6.07, 6.45) is 0. The lowest BCUT2D eigenvalue weighted by Crippen LogP contribution is -2.00. The van der Waals surface area contributed by atoms with Crippen LogP contribution in [0.2, 0.25) is 0 Å². The Morgan fingerprint density at radius 2 is 1.85 bits per heavy atom. The third-order valence-electron chi connectivity index (χ3n) is 1.86. The molecule has 0 saturated carbocycles. The van der Waals surface area contributed by atoms with E-state index in [1.54, 1.807) is 0 Å². The van der Waals surface area contributed by atoms with Crippen molar-refractivity contribution in [2.24, 2.45) is 0 Å². The number of rotatable bonds is 1. The van der Waals surface area contributed by atoms with Crippen molar-refractivity contribution < 1.29 is 0 Å². The molecule has 3 nitrogen and oxygen atoms in total. The largest absolute Gasteiger partial charge is 0.250 e. The van der Waals surface area contributed by atoms with Gasteiger partial charge in [0, 0.05) is 5.69 Å². The van der Waals surface area contributed by atoms with Crippen LogP contribution in [0.3, 0.4) is 0 Å². The molecule has 0 saturated heterocycles. The second-order valence-electron chi connectivity index (χ2n) is 3.36. The van der Waals surface area contributed by atoms with Crippen molar-refractivity contribution in [2.45, 2.75) is 33.6 Å². The Morgan fingerprint density at radius 3 is 2.31 bits per heavy atom. The van der Waals surface area contributed by atoms with Crippen molar-refractivity contribution in [3.63, 3.8) is 0 Å². The van der Waals surface area contributed by atoms with E-state index in [0.29, 0.717) is 5.69 Å². The van der Waals surface area contributed by atoms with Crippen LogP contribution < -0.4 is 0 Å². The summed E-state index contributed by atoms with van der Waals surface area (Å²) in [5, 5.41) is 0. The molecule has 1 aromatic rings. The van der Waals surface area contributed by atoms with E-state index in [-0.39, 0.29) is 5.92 Å². The van der Waals surface area contributed by atoms with E-state index in [4.69, 9.17) is 6.57 Å². The molecule has 3 heteroatoms. The monoisotopic (exact) mass is 175 g/mol. The minimum atomic E-state index is 0.282. The fraction of sp³-hybridized carbons (Fsp3) is 0.500. The van der Waals surface area contributed by atoms with Crippen LogP contribution >= 0.6 is 0 Å². The lowest BCUT2D eigenvalue weighted by molar-refractivity contribution is 0.802. The highest BCUT2D eigenvalue weighted by Gasteiger charge is 2.12. The Kier molecular flexibility index (Phi) is 2.62. The number of aromatic nitrogens is 2. The summed E-state index contributed by atoms with van der Waals surface area (Å²) in [6.45, 7) is 14.8. The summed E-state index contributed by atoms with van der Waals surface area (Å²) >= 11 is 0. The van der Waals surface area contributed by atoms with Crippen LogP contribution in [-0.4, -0.2) is 9.97 Å². The maximum Gasteiger partial charge on any atom is 0.229 e. The molecule has 0 atom stereocenters. The van der Waals surface area contributed by atoms with Gasteiger partial charge in [-0.1, -0.05) is 13.8 Å². The average molecular weight is 175 g/mol. The van der Waals surface area contributed by atoms with E-state index in [1.165, 1.54) is 0 Å². The van der Waals surface area contributed by atoms with E-state index in [2.05, 4.69) is 14.8 Å². The highest BCUT2D eigenvalue weighted by atomic mass is 14.9. The first kappa shape index (κ1) is 9.66. The maximum absolute atomic E-state index is 7.03. The molecule has 0 aliphatic rings. The van der Waals surface area contributed by atoms with E-state index < -0.39 is 0 Å². The second-order valence-corrected chi connectivity index (χ2v) is 3.36. The lowest BCUT2D eigenvalue weighted by Gasteiger charge is -2.09. The molecule has 0 N–H and O–H groups in total. The van der Waals surface area contributed by atoms with E-state index in [0.717, 1.165) is 17.2 Å². The maximum atomic E-state index is 7.03. The molecule has 0 aliphatic heterocycles. The van der Waals surface area contributed by atoms with Crippen molar-refractivity contribution in [2.75, 3.05) is 0 Å². The Bertz CT molecular complexity index is 361. The zero-order valence-electron chi connectivity index (χ0n) is 8.42. The summed E-state index contributed by atoms with van der Waals surface area (Å²) in [6, 6.07) is 0. The van der Waals surface area contributed by atoms with Crippen LogP contribution in [-0.2, 0) is 0 Å². The summed E-state index contributed by atoms with van der Waals surface area (Å²) in [7, 11) is 0. The summed E-state index contributed by atoms with van der Waals surface area (Å²) in [4.78, 5) is 11.9. The van der Waals surface area contributed by atoms with Gasteiger partial charge in [-0.25, -0.2) is 9.83 Å². The molecule has 0 amide bonds. The number of nitrogens with zero attached hydrogens (tertiary/aromatic N) is 3. The first-order valence-electron chi connectivity index (χ1n) is 4.29. The standard InChI is InChI=1S/C10H13N3/c1-6(2)9-10(11-5)7(3)12-8(4)13-9/h6H,1-4H3. The highest BCUT2D eigenvalue weighted by molar-refractivity contribution is 5.53. The fourth-order valence-electron chi connectivity index (χ4n) is 1.27. The predicted octanol–water partition coefficient (Wildman–Crippen LogP) is 2.77. The average Bonchev–Trinajstić information content (AvgIpc) is 2.02. The second kappa shape index (κ2) is 3.53. The van der Waals surface area contributed by atoms with Crippen LogP contribution in [0.1, 0.15) is 37.0 Å². The lowest BCUT2D eigenvalue weighted by atomic mass is 10.1. The Balaban J connectivity index is 3.41. The zero-order valence-corrected chi connectivity index (χ0v) is 8.42. The molecular formula is C10H13N3. The van der Waals surface area contributed by atoms with Crippen LogP contribution in [0.4, 0.5) is 5.69 Å². The smallest absolute Gasteiger partial charge is 0.229 e. The third-order valence-corrected chi connectivity index (χ3v) is 1.86. The molecule has 0 aliphatic carbocycles. The van der Waals surface area contributed by atoms with Crippen LogP contribution in [0.5, 0.6) is 0 Å². The normalized spacial score (nSPS) is 10.2. The Morgan fingerprint density at radius 1 is 1.23 bits per heavy atom. The van der Waals surface area contributed by atoms with Gasteiger partial charge in [0.15, 0.2) is 0 Å². The van der Waals surface area contributed by atoms with E-state index in [9.17, 15) is 0 Å². The molecule has 68 valence electrons. The van der Waals surface area contributed by atoms with E-state index in [1.807, 2.05) is 27.7 Å². The molecular weight excluding hydrogens is 162 g/mol. The van der Waals surface area contributed by atoms with Gasteiger partial charge in [-0.3, -0.25) is 4.98 Å². The molecule has 0 unspecified atom stereocenters. The summed E-state index contributed by atoms with van der Waals surface area (Å²) in [5.74, 6) is 1.03. The third kappa shape index (κ3) is 1.83. The molecule has 0 radical (unpaired) electrons.